The fraction of sp³-hybridized carbons (Fsp3) is 0.263. The summed E-state index contributed by atoms with van der Waals surface area (Å²) >= 11 is 1.84. The number of thiazole rings is 1. The van der Waals surface area contributed by atoms with Crippen molar-refractivity contribution >= 4 is 33.3 Å². The summed E-state index contributed by atoms with van der Waals surface area (Å²) in [6.45, 7) is 2.20. The topological polar surface area (TPSA) is 53.6 Å². The van der Waals surface area contributed by atoms with E-state index in [0.717, 1.165) is 24.3 Å². The SMILES string of the molecule is c1ccc2c(c1)[nH]c1nccc(-c3cnc(C4CCNCC4)s3)c12. The second-order valence-electron chi connectivity index (χ2n) is 6.34. The number of benzene rings is 1. The normalized spacial score (nSPS) is 16.2. The fourth-order valence-electron chi connectivity index (χ4n) is 3.64. The lowest BCUT2D eigenvalue weighted by Gasteiger charge is -2.20. The molecule has 0 amide bonds. The third-order valence-electron chi connectivity index (χ3n) is 4.88. The van der Waals surface area contributed by atoms with Crippen LogP contribution in [0.4, 0.5) is 0 Å². The lowest BCUT2D eigenvalue weighted by molar-refractivity contribution is 0.459. The molecule has 0 unspecified atom stereocenters. The number of nitrogens with zero attached hydrogens (tertiary/aromatic N) is 2. The van der Waals surface area contributed by atoms with E-state index in [-0.39, 0.29) is 0 Å². The van der Waals surface area contributed by atoms with E-state index in [1.54, 1.807) is 0 Å². The minimum absolute atomic E-state index is 0.602. The van der Waals surface area contributed by atoms with E-state index in [9.17, 15) is 0 Å². The molecule has 0 saturated carbocycles. The van der Waals surface area contributed by atoms with Crippen LogP contribution in [0.25, 0.3) is 32.4 Å². The Hall–Kier alpha value is -2.24. The predicted molar refractivity (Wildman–Crippen MR) is 99.6 cm³/mol. The second-order valence-corrected chi connectivity index (χ2v) is 7.40. The zero-order valence-corrected chi connectivity index (χ0v) is 14.1. The molecule has 0 bridgehead atoms. The van der Waals surface area contributed by atoms with Gasteiger partial charge in [-0.3, -0.25) is 0 Å². The fourth-order valence-corrected chi connectivity index (χ4v) is 4.76. The lowest BCUT2D eigenvalue weighted by atomic mass is 9.99. The zero-order valence-electron chi connectivity index (χ0n) is 13.2. The first-order valence-corrected chi connectivity index (χ1v) is 9.24. The summed E-state index contributed by atoms with van der Waals surface area (Å²) in [5.41, 5.74) is 3.32. The highest BCUT2D eigenvalue weighted by Gasteiger charge is 2.20. The van der Waals surface area contributed by atoms with E-state index in [1.807, 2.05) is 23.7 Å². The Morgan fingerprint density at radius 1 is 1.04 bits per heavy atom. The van der Waals surface area contributed by atoms with Crippen molar-refractivity contribution in [1.82, 2.24) is 20.3 Å². The molecule has 1 aromatic carbocycles. The molecule has 24 heavy (non-hydrogen) atoms. The van der Waals surface area contributed by atoms with E-state index in [2.05, 4.69) is 45.6 Å². The quantitative estimate of drug-likeness (QED) is 0.574. The summed E-state index contributed by atoms with van der Waals surface area (Å²) in [4.78, 5) is 13.9. The van der Waals surface area contributed by atoms with Gasteiger partial charge in [0.15, 0.2) is 0 Å². The van der Waals surface area contributed by atoms with Crippen LogP contribution in [0.3, 0.4) is 0 Å². The van der Waals surface area contributed by atoms with Crippen molar-refractivity contribution in [2.75, 3.05) is 13.1 Å². The molecule has 1 aliphatic heterocycles. The van der Waals surface area contributed by atoms with Crippen molar-refractivity contribution in [3.8, 4) is 10.4 Å². The number of rotatable bonds is 2. The van der Waals surface area contributed by atoms with E-state index >= 15 is 0 Å². The van der Waals surface area contributed by atoms with Gasteiger partial charge >= 0.3 is 0 Å². The van der Waals surface area contributed by atoms with Crippen LogP contribution >= 0.6 is 11.3 Å². The predicted octanol–water partition coefficient (Wildman–Crippen LogP) is 4.31. The molecular weight excluding hydrogens is 316 g/mol. The molecule has 4 heterocycles. The van der Waals surface area contributed by atoms with E-state index < -0.39 is 0 Å². The number of aromatic nitrogens is 3. The third-order valence-corrected chi connectivity index (χ3v) is 6.07. The number of pyridine rings is 1. The van der Waals surface area contributed by atoms with Crippen LogP contribution in [-0.4, -0.2) is 28.0 Å². The van der Waals surface area contributed by atoms with Gasteiger partial charge in [0, 0.05) is 40.2 Å². The molecule has 120 valence electrons. The lowest BCUT2D eigenvalue weighted by Crippen LogP contribution is -2.26. The Morgan fingerprint density at radius 2 is 1.92 bits per heavy atom. The summed E-state index contributed by atoms with van der Waals surface area (Å²) in [6, 6.07) is 10.5. The first kappa shape index (κ1) is 14.1. The molecule has 0 radical (unpaired) electrons. The first-order chi connectivity index (χ1) is 11.9. The number of fused-ring (bicyclic) bond motifs is 3. The van der Waals surface area contributed by atoms with Gasteiger partial charge in [-0.05, 0) is 38.1 Å². The molecule has 0 aliphatic carbocycles. The number of hydrogen-bond donors (Lipinski definition) is 2. The standard InChI is InChI=1S/C19H18N4S/c1-2-4-15-13(3-1)17-14(7-10-21-18(17)23-15)16-11-22-19(24-16)12-5-8-20-9-6-12/h1-4,7,10-12,20H,5-6,8-9H2,(H,21,23). The highest BCUT2D eigenvalue weighted by atomic mass is 32.1. The van der Waals surface area contributed by atoms with E-state index in [4.69, 9.17) is 4.98 Å². The molecule has 1 fully saturated rings. The molecule has 5 rings (SSSR count). The van der Waals surface area contributed by atoms with Gasteiger partial charge in [0.05, 0.1) is 9.88 Å². The van der Waals surface area contributed by atoms with Crippen LogP contribution in [-0.2, 0) is 0 Å². The van der Waals surface area contributed by atoms with Crippen molar-refractivity contribution in [3.63, 3.8) is 0 Å². The minimum atomic E-state index is 0.602. The number of piperidine rings is 1. The van der Waals surface area contributed by atoms with Gasteiger partial charge in [0.25, 0.3) is 0 Å². The zero-order chi connectivity index (χ0) is 15.9. The van der Waals surface area contributed by atoms with Crippen LogP contribution in [0.1, 0.15) is 23.8 Å². The van der Waals surface area contributed by atoms with Crippen molar-refractivity contribution < 1.29 is 0 Å². The van der Waals surface area contributed by atoms with Crippen molar-refractivity contribution in [2.45, 2.75) is 18.8 Å². The molecule has 3 aromatic heterocycles. The van der Waals surface area contributed by atoms with Crippen LogP contribution in [0, 0.1) is 0 Å². The maximum Gasteiger partial charge on any atom is 0.138 e. The average molecular weight is 334 g/mol. The molecule has 4 nitrogen and oxygen atoms in total. The van der Waals surface area contributed by atoms with Gasteiger partial charge < -0.3 is 10.3 Å². The molecule has 2 N–H and O–H groups in total. The highest BCUT2D eigenvalue weighted by molar-refractivity contribution is 7.15. The summed E-state index contributed by atoms with van der Waals surface area (Å²) < 4.78 is 0. The first-order valence-electron chi connectivity index (χ1n) is 8.42. The van der Waals surface area contributed by atoms with Gasteiger partial charge in [0.1, 0.15) is 5.65 Å². The van der Waals surface area contributed by atoms with Gasteiger partial charge in [-0.25, -0.2) is 9.97 Å². The molecule has 1 aliphatic rings. The van der Waals surface area contributed by atoms with Gasteiger partial charge in [0.2, 0.25) is 0 Å². The molecule has 0 atom stereocenters. The number of H-pyrrole nitrogens is 1. The van der Waals surface area contributed by atoms with Crippen LogP contribution in [0.5, 0.6) is 0 Å². The summed E-state index contributed by atoms with van der Waals surface area (Å²) in [5, 5.41) is 7.13. The average Bonchev–Trinajstić information content (AvgIpc) is 3.27. The Labute approximate surface area is 144 Å². The van der Waals surface area contributed by atoms with E-state index in [1.165, 1.54) is 39.1 Å². The van der Waals surface area contributed by atoms with Crippen LogP contribution in [0.2, 0.25) is 0 Å². The number of hydrogen-bond acceptors (Lipinski definition) is 4. The van der Waals surface area contributed by atoms with E-state index in [0.29, 0.717) is 5.92 Å². The smallest absolute Gasteiger partial charge is 0.138 e. The van der Waals surface area contributed by atoms with Crippen molar-refractivity contribution in [3.05, 3.63) is 47.7 Å². The summed E-state index contributed by atoms with van der Waals surface area (Å²) in [7, 11) is 0. The van der Waals surface area contributed by atoms with Gasteiger partial charge in [-0.15, -0.1) is 11.3 Å². The van der Waals surface area contributed by atoms with Crippen LogP contribution < -0.4 is 5.32 Å². The number of para-hydroxylation sites is 1. The molecule has 0 spiro atoms. The monoisotopic (exact) mass is 334 g/mol. The number of nitrogens with one attached hydrogen (secondary N) is 2. The Kier molecular flexibility index (Phi) is 3.35. The molecular formula is C19H18N4S. The van der Waals surface area contributed by atoms with Crippen molar-refractivity contribution in [1.29, 1.82) is 0 Å². The molecule has 1 saturated heterocycles. The Morgan fingerprint density at radius 3 is 2.83 bits per heavy atom. The van der Waals surface area contributed by atoms with Crippen LogP contribution in [0.15, 0.2) is 42.7 Å². The second kappa shape index (κ2) is 5.69. The maximum atomic E-state index is 4.75. The van der Waals surface area contributed by atoms with Gasteiger partial charge in [-0.1, -0.05) is 18.2 Å². The summed E-state index contributed by atoms with van der Waals surface area (Å²) in [5.74, 6) is 0.602. The molecule has 5 heteroatoms. The number of aromatic amines is 1. The van der Waals surface area contributed by atoms with Crippen molar-refractivity contribution in [2.24, 2.45) is 0 Å². The summed E-state index contributed by atoms with van der Waals surface area (Å²) in [6.07, 6.45) is 6.30. The highest BCUT2D eigenvalue weighted by Crippen LogP contribution is 2.38. The molecule has 4 aromatic rings. The Bertz CT molecular complexity index is 1010. The maximum absolute atomic E-state index is 4.75. The largest absolute Gasteiger partial charge is 0.339 e. The van der Waals surface area contributed by atoms with Gasteiger partial charge in [-0.2, -0.15) is 0 Å². The third kappa shape index (κ3) is 2.24. The minimum Gasteiger partial charge on any atom is -0.339 e. The Balaban J connectivity index is 1.65.